The average molecular weight is 368 g/mol. The van der Waals surface area contributed by atoms with Gasteiger partial charge in [-0.1, -0.05) is 24.6 Å². The van der Waals surface area contributed by atoms with Crippen LogP contribution in [-0.2, 0) is 12.1 Å². The Balaban J connectivity index is 1.58. The maximum Gasteiger partial charge on any atom is 0.165 e. The first-order valence-electron chi connectivity index (χ1n) is 9.73. The van der Waals surface area contributed by atoms with E-state index in [1.807, 2.05) is 30.3 Å². The van der Waals surface area contributed by atoms with E-state index in [1.54, 1.807) is 20.4 Å². The Morgan fingerprint density at radius 1 is 1.07 bits per heavy atom. The van der Waals surface area contributed by atoms with E-state index in [0.29, 0.717) is 0 Å². The van der Waals surface area contributed by atoms with Gasteiger partial charge in [0.05, 0.1) is 19.9 Å². The van der Waals surface area contributed by atoms with Crippen LogP contribution < -0.4 is 9.47 Å². The molecule has 2 aromatic rings. The molecule has 2 heterocycles. The number of ether oxygens (including phenoxy) is 2. The molecule has 5 nitrogen and oxygen atoms in total. The minimum atomic E-state index is -0.811. The fourth-order valence-corrected chi connectivity index (χ4v) is 5.01. The summed E-state index contributed by atoms with van der Waals surface area (Å²) in [5.41, 5.74) is 1.14. The number of aromatic nitrogens is 1. The molecule has 2 bridgehead atoms. The van der Waals surface area contributed by atoms with Gasteiger partial charge >= 0.3 is 0 Å². The molecule has 0 unspecified atom stereocenters. The van der Waals surface area contributed by atoms with Crippen LogP contribution in [0.25, 0.3) is 0 Å². The summed E-state index contributed by atoms with van der Waals surface area (Å²) in [7, 11) is 3.35. The SMILES string of the molecule is COc1cccc(CN2C[C@H]3CCC[C@H](C2)C3(O)c2ccccn2)c1OC. The predicted molar refractivity (Wildman–Crippen MR) is 104 cm³/mol. The van der Waals surface area contributed by atoms with Crippen LogP contribution in [0.4, 0.5) is 0 Å². The molecular formula is C22H28N2O3. The Kier molecular flexibility index (Phi) is 5.06. The van der Waals surface area contributed by atoms with Crippen LogP contribution in [0, 0.1) is 11.8 Å². The molecular weight excluding hydrogens is 340 g/mol. The highest BCUT2D eigenvalue weighted by Crippen LogP contribution is 2.49. The van der Waals surface area contributed by atoms with E-state index in [-0.39, 0.29) is 11.8 Å². The second kappa shape index (κ2) is 7.49. The molecule has 2 aliphatic rings. The van der Waals surface area contributed by atoms with Crippen molar-refractivity contribution in [3.63, 3.8) is 0 Å². The normalized spacial score (nSPS) is 28.0. The fourth-order valence-electron chi connectivity index (χ4n) is 5.01. The lowest BCUT2D eigenvalue weighted by Gasteiger charge is -2.52. The lowest BCUT2D eigenvalue weighted by molar-refractivity contribution is -0.151. The molecule has 1 aromatic carbocycles. The van der Waals surface area contributed by atoms with Crippen molar-refractivity contribution in [1.82, 2.24) is 9.88 Å². The molecule has 1 saturated carbocycles. The van der Waals surface area contributed by atoms with Crippen LogP contribution in [-0.4, -0.2) is 42.3 Å². The van der Waals surface area contributed by atoms with E-state index < -0.39 is 5.60 Å². The van der Waals surface area contributed by atoms with E-state index in [0.717, 1.165) is 55.2 Å². The molecule has 0 spiro atoms. The van der Waals surface area contributed by atoms with Gasteiger partial charge in [-0.25, -0.2) is 0 Å². The van der Waals surface area contributed by atoms with Gasteiger partial charge in [0, 0.05) is 43.2 Å². The highest BCUT2D eigenvalue weighted by atomic mass is 16.5. The number of likely N-dealkylation sites (tertiary alicyclic amines) is 1. The first-order chi connectivity index (χ1) is 13.2. The van der Waals surface area contributed by atoms with E-state index in [2.05, 4.69) is 16.0 Å². The summed E-state index contributed by atoms with van der Waals surface area (Å²) in [6.45, 7) is 2.53. The van der Waals surface area contributed by atoms with Gasteiger partial charge in [-0.05, 0) is 31.0 Å². The topological polar surface area (TPSA) is 54.8 Å². The van der Waals surface area contributed by atoms with Crippen LogP contribution in [0.5, 0.6) is 11.5 Å². The Morgan fingerprint density at radius 3 is 2.48 bits per heavy atom. The van der Waals surface area contributed by atoms with Crippen molar-refractivity contribution in [2.24, 2.45) is 11.8 Å². The van der Waals surface area contributed by atoms with Gasteiger partial charge in [0.2, 0.25) is 0 Å². The number of hydrogen-bond acceptors (Lipinski definition) is 5. The van der Waals surface area contributed by atoms with Crippen LogP contribution >= 0.6 is 0 Å². The number of aliphatic hydroxyl groups is 1. The van der Waals surface area contributed by atoms with Gasteiger partial charge in [-0.2, -0.15) is 0 Å². The highest BCUT2D eigenvalue weighted by Gasteiger charge is 2.52. The Labute approximate surface area is 160 Å². The van der Waals surface area contributed by atoms with Gasteiger partial charge in [0.25, 0.3) is 0 Å². The average Bonchev–Trinajstić information content (AvgIpc) is 2.69. The third-order valence-electron chi connectivity index (χ3n) is 6.26. The number of nitrogens with zero attached hydrogens (tertiary/aromatic N) is 2. The maximum absolute atomic E-state index is 11.7. The summed E-state index contributed by atoms with van der Waals surface area (Å²) in [5.74, 6) is 1.97. The van der Waals surface area contributed by atoms with Gasteiger partial charge in [0.15, 0.2) is 11.5 Å². The summed E-state index contributed by atoms with van der Waals surface area (Å²) >= 11 is 0. The number of hydrogen-bond donors (Lipinski definition) is 1. The summed E-state index contributed by atoms with van der Waals surface area (Å²) < 4.78 is 11.0. The predicted octanol–water partition coefficient (Wildman–Crippen LogP) is 3.22. The molecule has 0 amide bonds. The van der Waals surface area contributed by atoms with Crippen LogP contribution in [0.15, 0.2) is 42.6 Å². The molecule has 1 aliphatic heterocycles. The molecule has 1 aliphatic carbocycles. The molecule has 4 rings (SSSR count). The number of fused-ring (bicyclic) bond motifs is 2. The van der Waals surface area contributed by atoms with Crippen molar-refractivity contribution in [3.8, 4) is 11.5 Å². The number of pyridine rings is 1. The minimum absolute atomic E-state index is 0.205. The van der Waals surface area contributed by atoms with Crippen LogP contribution in [0.1, 0.15) is 30.5 Å². The first-order valence-corrected chi connectivity index (χ1v) is 9.73. The molecule has 27 heavy (non-hydrogen) atoms. The zero-order valence-electron chi connectivity index (χ0n) is 16.1. The van der Waals surface area contributed by atoms with E-state index in [1.165, 1.54) is 6.42 Å². The van der Waals surface area contributed by atoms with Gasteiger partial charge < -0.3 is 14.6 Å². The quantitative estimate of drug-likeness (QED) is 0.878. The first kappa shape index (κ1) is 18.3. The highest BCUT2D eigenvalue weighted by molar-refractivity contribution is 5.46. The third-order valence-corrected chi connectivity index (χ3v) is 6.26. The summed E-state index contributed by atoms with van der Waals surface area (Å²) in [6.07, 6.45) is 5.04. The zero-order chi connectivity index (χ0) is 18.9. The minimum Gasteiger partial charge on any atom is -0.493 e. The summed E-state index contributed by atoms with van der Waals surface area (Å²) in [4.78, 5) is 6.96. The molecule has 0 radical (unpaired) electrons. The standard InChI is InChI=1S/C22H28N2O3/c1-26-19-10-5-7-16(21(19)27-2)13-24-14-17-8-6-9-18(15-24)22(17,25)20-11-3-4-12-23-20/h3-5,7,10-12,17-18,25H,6,8-9,13-15H2,1-2H3/t17-,18-/m1/s1. The molecule has 2 atom stereocenters. The second-order valence-corrected chi connectivity index (χ2v) is 7.71. The van der Waals surface area contributed by atoms with Crippen LogP contribution in [0.2, 0.25) is 0 Å². The Bertz CT molecular complexity index is 766. The van der Waals surface area contributed by atoms with Crippen molar-refractivity contribution >= 4 is 0 Å². The van der Waals surface area contributed by atoms with Crippen LogP contribution in [0.3, 0.4) is 0 Å². The number of para-hydroxylation sites is 1. The number of benzene rings is 1. The van der Waals surface area contributed by atoms with E-state index in [4.69, 9.17) is 9.47 Å². The lowest BCUT2D eigenvalue weighted by atomic mass is 9.64. The maximum atomic E-state index is 11.7. The number of rotatable bonds is 5. The Morgan fingerprint density at radius 2 is 1.85 bits per heavy atom. The smallest absolute Gasteiger partial charge is 0.165 e. The molecule has 1 saturated heterocycles. The monoisotopic (exact) mass is 368 g/mol. The molecule has 5 heteroatoms. The van der Waals surface area contributed by atoms with Crippen molar-refractivity contribution < 1.29 is 14.6 Å². The number of methoxy groups -OCH3 is 2. The van der Waals surface area contributed by atoms with Crippen molar-refractivity contribution in [2.45, 2.75) is 31.4 Å². The zero-order valence-corrected chi connectivity index (χ0v) is 16.1. The van der Waals surface area contributed by atoms with Gasteiger partial charge in [-0.15, -0.1) is 0 Å². The lowest BCUT2D eigenvalue weighted by Crippen LogP contribution is -2.58. The van der Waals surface area contributed by atoms with Crippen molar-refractivity contribution in [2.75, 3.05) is 27.3 Å². The Hall–Kier alpha value is -2.11. The van der Waals surface area contributed by atoms with Gasteiger partial charge in [0.1, 0.15) is 5.60 Å². The molecule has 1 aromatic heterocycles. The number of piperidine rings is 1. The van der Waals surface area contributed by atoms with E-state index >= 15 is 0 Å². The summed E-state index contributed by atoms with van der Waals surface area (Å²) in [6, 6.07) is 11.9. The molecule has 2 fully saturated rings. The fraction of sp³-hybridized carbons (Fsp3) is 0.500. The third kappa shape index (κ3) is 3.19. The van der Waals surface area contributed by atoms with Gasteiger partial charge in [-0.3, -0.25) is 9.88 Å². The largest absolute Gasteiger partial charge is 0.493 e. The molecule has 1 N–H and O–H groups in total. The molecule has 144 valence electrons. The van der Waals surface area contributed by atoms with Crippen molar-refractivity contribution in [1.29, 1.82) is 0 Å². The van der Waals surface area contributed by atoms with Crippen molar-refractivity contribution in [3.05, 3.63) is 53.9 Å². The van der Waals surface area contributed by atoms with E-state index in [9.17, 15) is 5.11 Å². The second-order valence-electron chi connectivity index (χ2n) is 7.71. The summed E-state index contributed by atoms with van der Waals surface area (Å²) in [5, 5.41) is 11.7.